The molecule has 0 unspecified atom stereocenters. The van der Waals surface area contributed by atoms with Crippen LogP contribution < -0.4 is 5.32 Å². The monoisotopic (exact) mass is 314 g/mol. The highest BCUT2D eigenvalue weighted by Crippen LogP contribution is 2.30. The van der Waals surface area contributed by atoms with E-state index in [-0.39, 0.29) is 5.91 Å². The molecule has 1 fully saturated rings. The van der Waals surface area contributed by atoms with Gasteiger partial charge in [0.15, 0.2) is 0 Å². The van der Waals surface area contributed by atoms with E-state index in [1.54, 1.807) is 11.3 Å². The molecule has 5 heteroatoms. The van der Waals surface area contributed by atoms with Gasteiger partial charge in [0.25, 0.3) is 0 Å². The molecule has 114 valence electrons. The molecule has 1 amide bonds. The highest BCUT2D eigenvalue weighted by atomic mass is 32.1. The van der Waals surface area contributed by atoms with Gasteiger partial charge in [0.2, 0.25) is 5.91 Å². The molecule has 0 bridgehead atoms. The van der Waals surface area contributed by atoms with Crippen molar-refractivity contribution in [3.05, 3.63) is 35.2 Å². The second kappa shape index (κ2) is 6.47. The van der Waals surface area contributed by atoms with Crippen molar-refractivity contribution < 1.29 is 9.53 Å². The Kier molecular flexibility index (Phi) is 4.41. The van der Waals surface area contributed by atoms with Crippen molar-refractivity contribution in [2.75, 3.05) is 19.8 Å². The van der Waals surface area contributed by atoms with Gasteiger partial charge >= 0.3 is 0 Å². The number of ether oxygens (including phenoxy) is 1. The van der Waals surface area contributed by atoms with Crippen LogP contribution in [0, 0.1) is 16.7 Å². The Labute approximate surface area is 133 Å². The first-order valence-electron chi connectivity index (χ1n) is 7.48. The lowest BCUT2D eigenvalue weighted by Crippen LogP contribution is -2.44. The molecule has 3 rings (SSSR count). The predicted molar refractivity (Wildman–Crippen MR) is 86.6 cm³/mol. The summed E-state index contributed by atoms with van der Waals surface area (Å²) in [6, 6.07) is 10.5. The Bertz CT molecular complexity index is 711. The fourth-order valence-electron chi connectivity index (χ4n) is 2.82. The number of amides is 1. The van der Waals surface area contributed by atoms with Crippen LogP contribution in [0.2, 0.25) is 0 Å². The fraction of sp³-hybridized carbons (Fsp3) is 0.412. The van der Waals surface area contributed by atoms with E-state index in [0.29, 0.717) is 32.6 Å². The number of nitriles is 1. The van der Waals surface area contributed by atoms with Crippen LogP contribution in [0.5, 0.6) is 0 Å². The average Bonchev–Trinajstić information content (AvgIpc) is 2.99. The molecule has 0 atom stereocenters. The molecule has 1 aliphatic heterocycles. The van der Waals surface area contributed by atoms with Gasteiger partial charge in [-0.2, -0.15) is 5.26 Å². The second-order valence-electron chi connectivity index (χ2n) is 5.57. The number of fused-ring (bicyclic) bond motifs is 1. The first-order chi connectivity index (χ1) is 10.7. The van der Waals surface area contributed by atoms with Gasteiger partial charge in [-0.05, 0) is 41.7 Å². The van der Waals surface area contributed by atoms with E-state index in [2.05, 4.69) is 28.9 Å². The maximum absolute atomic E-state index is 12.4. The minimum Gasteiger partial charge on any atom is -0.381 e. The second-order valence-corrected chi connectivity index (χ2v) is 6.48. The normalized spacial score (nSPS) is 17.0. The van der Waals surface area contributed by atoms with Crippen molar-refractivity contribution >= 4 is 27.3 Å². The van der Waals surface area contributed by atoms with Crippen LogP contribution in [0.3, 0.4) is 0 Å². The zero-order valence-corrected chi connectivity index (χ0v) is 13.1. The number of rotatable bonds is 4. The SMILES string of the molecule is N#CC1(C(=O)NCCc2csc3ccccc23)CCOCC1. The smallest absolute Gasteiger partial charge is 0.240 e. The Morgan fingerprint density at radius 1 is 1.36 bits per heavy atom. The number of hydrogen-bond acceptors (Lipinski definition) is 4. The van der Waals surface area contributed by atoms with Crippen LogP contribution in [-0.2, 0) is 16.0 Å². The van der Waals surface area contributed by atoms with Crippen LogP contribution in [-0.4, -0.2) is 25.7 Å². The molecule has 2 aromatic rings. The van der Waals surface area contributed by atoms with E-state index in [1.807, 2.05) is 12.1 Å². The van der Waals surface area contributed by atoms with Crippen LogP contribution >= 0.6 is 11.3 Å². The number of carbonyl (C=O) groups is 1. The molecule has 2 heterocycles. The third kappa shape index (κ3) is 2.85. The number of hydrogen-bond donors (Lipinski definition) is 1. The lowest BCUT2D eigenvalue weighted by molar-refractivity contribution is -0.132. The molecule has 0 aliphatic carbocycles. The first-order valence-corrected chi connectivity index (χ1v) is 8.35. The van der Waals surface area contributed by atoms with Gasteiger partial charge in [0.1, 0.15) is 5.41 Å². The number of benzene rings is 1. The standard InChI is InChI=1S/C17H18N2O2S/c18-12-17(6-9-21-10-7-17)16(20)19-8-5-13-11-22-15-4-2-1-3-14(13)15/h1-4,11H,5-10H2,(H,19,20). The maximum Gasteiger partial charge on any atom is 0.240 e. The summed E-state index contributed by atoms with van der Waals surface area (Å²) < 4.78 is 6.52. The molecule has 0 spiro atoms. The summed E-state index contributed by atoms with van der Waals surface area (Å²) in [4.78, 5) is 12.4. The van der Waals surface area contributed by atoms with Gasteiger partial charge in [-0.25, -0.2) is 0 Å². The molecule has 1 aromatic heterocycles. The van der Waals surface area contributed by atoms with Crippen LogP contribution in [0.1, 0.15) is 18.4 Å². The topological polar surface area (TPSA) is 62.1 Å². The number of carbonyl (C=O) groups excluding carboxylic acids is 1. The minimum absolute atomic E-state index is 0.155. The Morgan fingerprint density at radius 3 is 2.91 bits per heavy atom. The summed E-state index contributed by atoms with van der Waals surface area (Å²) in [5.41, 5.74) is 0.341. The highest BCUT2D eigenvalue weighted by molar-refractivity contribution is 7.17. The molecular formula is C17H18N2O2S. The van der Waals surface area contributed by atoms with Gasteiger partial charge in [-0.3, -0.25) is 4.79 Å². The van der Waals surface area contributed by atoms with Gasteiger partial charge in [-0.1, -0.05) is 18.2 Å². The van der Waals surface area contributed by atoms with E-state index >= 15 is 0 Å². The number of thiophene rings is 1. The van der Waals surface area contributed by atoms with E-state index in [0.717, 1.165) is 6.42 Å². The quantitative estimate of drug-likeness (QED) is 0.944. The lowest BCUT2D eigenvalue weighted by Gasteiger charge is -2.29. The zero-order valence-electron chi connectivity index (χ0n) is 12.3. The number of nitrogens with zero attached hydrogens (tertiary/aromatic N) is 1. The highest BCUT2D eigenvalue weighted by Gasteiger charge is 2.40. The molecule has 4 nitrogen and oxygen atoms in total. The Balaban J connectivity index is 1.61. The molecule has 1 N–H and O–H groups in total. The zero-order chi connectivity index (χ0) is 15.4. The average molecular weight is 314 g/mol. The van der Waals surface area contributed by atoms with E-state index in [9.17, 15) is 10.1 Å². The van der Waals surface area contributed by atoms with E-state index in [4.69, 9.17) is 4.74 Å². The fourth-order valence-corrected chi connectivity index (χ4v) is 3.81. The van der Waals surface area contributed by atoms with Crippen molar-refractivity contribution in [2.45, 2.75) is 19.3 Å². The van der Waals surface area contributed by atoms with E-state index < -0.39 is 5.41 Å². The van der Waals surface area contributed by atoms with Crippen molar-refractivity contribution in [2.24, 2.45) is 5.41 Å². The summed E-state index contributed by atoms with van der Waals surface area (Å²) in [5, 5.41) is 15.7. The van der Waals surface area contributed by atoms with E-state index in [1.165, 1.54) is 15.6 Å². The third-order valence-electron chi connectivity index (χ3n) is 4.24. The third-order valence-corrected chi connectivity index (χ3v) is 5.25. The summed E-state index contributed by atoms with van der Waals surface area (Å²) in [6.07, 6.45) is 1.75. The van der Waals surface area contributed by atoms with Gasteiger partial charge in [-0.15, -0.1) is 11.3 Å². The van der Waals surface area contributed by atoms with Crippen LogP contribution in [0.15, 0.2) is 29.6 Å². The number of nitrogens with one attached hydrogen (secondary N) is 1. The lowest BCUT2D eigenvalue weighted by atomic mass is 9.81. The van der Waals surface area contributed by atoms with Gasteiger partial charge in [0.05, 0.1) is 6.07 Å². The minimum atomic E-state index is -0.908. The molecule has 22 heavy (non-hydrogen) atoms. The molecule has 1 saturated heterocycles. The molecule has 0 radical (unpaired) electrons. The van der Waals surface area contributed by atoms with Crippen LogP contribution in [0.25, 0.3) is 10.1 Å². The van der Waals surface area contributed by atoms with Crippen molar-refractivity contribution in [1.29, 1.82) is 5.26 Å². The molecule has 1 aliphatic rings. The largest absolute Gasteiger partial charge is 0.381 e. The predicted octanol–water partition coefficient (Wildman–Crippen LogP) is 2.88. The summed E-state index contributed by atoms with van der Waals surface area (Å²) in [6.45, 7) is 1.52. The summed E-state index contributed by atoms with van der Waals surface area (Å²) in [7, 11) is 0. The Morgan fingerprint density at radius 2 is 2.14 bits per heavy atom. The van der Waals surface area contributed by atoms with Gasteiger partial charge in [0, 0.05) is 24.5 Å². The molecule has 0 saturated carbocycles. The Hall–Kier alpha value is -1.90. The summed E-state index contributed by atoms with van der Waals surface area (Å²) >= 11 is 1.72. The van der Waals surface area contributed by atoms with Crippen LogP contribution in [0.4, 0.5) is 0 Å². The van der Waals surface area contributed by atoms with Crippen molar-refractivity contribution in [3.8, 4) is 6.07 Å². The van der Waals surface area contributed by atoms with Crippen molar-refractivity contribution in [3.63, 3.8) is 0 Å². The maximum atomic E-state index is 12.4. The molecule has 1 aromatic carbocycles. The summed E-state index contributed by atoms with van der Waals surface area (Å²) in [5.74, 6) is -0.155. The van der Waals surface area contributed by atoms with Crippen molar-refractivity contribution in [1.82, 2.24) is 5.32 Å². The molecular weight excluding hydrogens is 296 g/mol. The first kappa shape index (κ1) is 15.0. The van der Waals surface area contributed by atoms with Gasteiger partial charge < -0.3 is 10.1 Å².